The summed E-state index contributed by atoms with van der Waals surface area (Å²) >= 11 is 0. The molecule has 0 saturated carbocycles. The average molecular weight is 163 g/mol. The number of aromatic hydroxyl groups is 1. The van der Waals surface area contributed by atoms with Crippen LogP contribution in [0.15, 0.2) is 12.3 Å². The monoisotopic (exact) mass is 163 g/mol. The fourth-order valence-electron chi connectivity index (χ4n) is 1.40. The summed E-state index contributed by atoms with van der Waals surface area (Å²) in [5.74, 6) is 0.0491. The Bertz CT molecular complexity index is 433. The lowest BCUT2D eigenvalue weighted by Crippen LogP contribution is -1.92. The first kappa shape index (κ1) is 7.09. The maximum atomic E-state index is 9.17. The van der Waals surface area contributed by atoms with Gasteiger partial charge in [-0.25, -0.2) is 4.98 Å². The van der Waals surface area contributed by atoms with E-state index in [9.17, 15) is 5.11 Å². The normalized spacial score (nSPS) is 10.8. The number of pyridine rings is 1. The zero-order valence-electron chi connectivity index (χ0n) is 6.94. The molecule has 0 aliphatic heterocycles. The zero-order valence-corrected chi connectivity index (χ0v) is 6.94. The molecule has 2 rings (SSSR count). The molecule has 4 nitrogen and oxygen atoms in total. The number of fused-ring (bicyclic) bond motifs is 1. The van der Waals surface area contributed by atoms with Crippen molar-refractivity contribution in [2.24, 2.45) is 7.05 Å². The van der Waals surface area contributed by atoms with E-state index in [1.54, 1.807) is 16.9 Å². The minimum absolute atomic E-state index is 0.0491. The van der Waals surface area contributed by atoms with Crippen molar-refractivity contribution < 1.29 is 5.11 Å². The molecule has 0 atom stereocenters. The van der Waals surface area contributed by atoms with Gasteiger partial charge in [0.25, 0.3) is 0 Å². The fourth-order valence-corrected chi connectivity index (χ4v) is 1.40. The predicted molar refractivity (Wildman–Crippen MR) is 44.9 cm³/mol. The van der Waals surface area contributed by atoms with Gasteiger partial charge in [-0.2, -0.15) is 5.10 Å². The van der Waals surface area contributed by atoms with E-state index in [1.165, 1.54) is 0 Å². The molecule has 0 unspecified atom stereocenters. The summed E-state index contributed by atoms with van der Waals surface area (Å²) in [6.07, 6.45) is 1.71. The Morgan fingerprint density at radius 2 is 2.25 bits per heavy atom. The molecule has 2 aromatic rings. The molecule has 12 heavy (non-hydrogen) atoms. The minimum Gasteiger partial charge on any atom is -0.493 e. The Morgan fingerprint density at radius 3 is 3.00 bits per heavy atom. The summed E-state index contributed by atoms with van der Waals surface area (Å²) in [6.45, 7) is 1.85. The summed E-state index contributed by atoms with van der Waals surface area (Å²) in [5, 5.41) is 14.2. The highest BCUT2D eigenvalue weighted by Crippen LogP contribution is 2.19. The number of aryl methyl sites for hydroxylation is 2. The Labute approximate surface area is 69.5 Å². The van der Waals surface area contributed by atoms with Gasteiger partial charge >= 0.3 is 0 Å². The molecule has 2 aromatic heterocycles. The summed E-state index contributed by atoms with van der Waals surface area (Å²) in [5.41, 5.74) is 1.76. The smallest absolute Gasteiger partial charge is 0.211 e. The standard InChI is InChI=1S/C8H9N3O/c1-5-8-6(3-7(12)10-5)4-9-11(8)2/h3-4H,1-2H3,(H,10,12). The van der Waals surface area contributed by atoms with E-state index in [0.29, 0.717) is 0 Å². The molecule has 2 heterocycles. The van der Waals surface area contributed by atoms with Crippen LogP contribution in [0.4, 0.5) is 0 Å². The molecule has 0 radical (unpaired) electrons. The van der Waals surface area contributed by atoms with Crippen molar-refractivity contribution in [2.75, 3.05) is 0 Å². The highest BCUT2D eigenvalue weighted by molar-refractivity contribution is 5.81. The molecule has 0 fully saturated rings. The van der Waals surface area contributed by atoms with E-state index in [0.717, 1.165) is 16.6 Å². The van der Waals surface area contributed by atoms with Crippen molar-refractivity contribution in [3.63, 3.8) is 0 Å². The molecular formula is C8H9N3O. The second-order valence-corrected chi connectivity index (χ2v) is 2.77. The first-order valence-corrected chi connectivity index (χ1v) is 3.67. The van der Waals surface area contributed by atoms with E-state index in [1.807, 2.05) is 14.0 Å². The summed E-state index contributed by atoms with van der Waals surface area (Å²) < 4.78 is 1.75. The maximum absolute atomic E-state index is 9.17. The molecule has 0 aliphatic carbocycles. The van der Waals surface area contributed by atoms with Gasteiger partial charge in [0.05, 0.1) is 17.4 Å². The number of aromatic nitrogens is 3. The van der Waals surface area contributed by atoms with Gasteiger partial charge < -0.3 is 5.11 Å². The maximum Gasteiger partial charge on any atom is 0.211 e. The van der Waals surface area contributed by atoms with Gasteiger partial charge in [-0.15, -0.1) is 0 Å². The molecule has 1 N–H and O–H groups in total. The van der Waals surface area contributed by atoms with Gasteiger partial charge in [0.15, 0.2) is 0 Å². The Kier molecular flexibility index (Phi) is 1.30. The topological polar surface area (TPSA) is 50.9 Å². The number of rotatable bonds is 0. The largest absolute Gasteiger partial charge is 0.493 e. The van der Waals surface area contributed by atoms with Gasteiger partial charge in [-0.3, -0.25) is 4.68 Å². The van der Waals surface area contributed by atoms with Crippen LogP contribution in [0.1, 0.15) is 5.69 Å². The summed E-state index contributed by atoms with van der Waals surface area (Å²) in [7, 11) is 1.86. The van der Waals surface area contributed by atoms with Gasteiger partial charge in [-0.05, 0) is 6.92 Å². The van der Waals surface area contributed by atoms with Crippen LogP contribution in [0.5, 0.6) is 5.88 Å². The van der Waals surface area contributed by atoms with Crippen LogP contribution in [0.25, 0.3) is 10.9 Å². The third-order valence-corrected chi connectivity index (χ3v) is 1.88. The zero-order chi connectivity index (χ0) is 8.72. The molecule has 0 aromatic carbocycles. The van der Waals surface area contributed by atoms with E-state index >= 15 is 0 Å². The highest BCUT2D eigenvalue weighted by atomic mass is 16.3. The molecule has 4 heteroatoms. The molecule has 0 aliphatic rings. The van der Waals surface area contributed by atoms with Gasteiger partial charge in [0, 0.05) is 18.5 Å². The van der Waals surface area contributed by atoms with Crippen LogP contribution >= 0.6 is 0 Å². The molecule has 0 saturated heterocycles. The predicted octanol–water partition coefficient (Wildman–Crippen LogP) is 0.982. The van der Waals surface area contributed by atoms with Crippen LogP contribution in [0.2, 0.25) is 0 Å². The first-order chi connectivity index (χ1) is 5.68. The van der Waals surface area contributed by atoms with E-state index in [2.05, 4.69) is 10.1 Å². The third-order valence-electron chi connectivity index (χ3n) is 1.88. The van der Waals surface area contributed by atoms with Crippen LogP contribution in [0.3, 0.4) is 0 Å². The van der Waals surface area contributed by atoms with Crippen molar-refractivity contribution in [1.82, 2.24) is 14.8 Å². The lowest BCUT2D eigenvalue weighted by atomic mass is 10.2. The highest BCUT2D eigenvalue weighted by Gasteiger charge is 2.05. The second-order valence-electron chi connectivity index (χ2n) is 2.77. The van der Waals surface area contributed by atoms with E-state index < -0.39 is 0 Å². The summed E-state index contributed by atoms with van der Waals surface area (Å²) in [6, 6.07) is 1.61. The van der Waals surface area contributed by atoms with Crippen LogP contribution < -0.4 is 0 Å². The average Bonchev–Trinajstić information content (AvgIpc) is 2.31. The Balaban J connectivity index is 2.93. The van der Waals surface area contributed by atoms with E-state index in [4.69, 9.17) is 0 Å². The SMILES string of the molecule is Cc1nc(O)cc2cnn(C)c12. The molecule has 62 valence electrons. The summed E-state index contributed by atoms with van der Waals surface area (Å²) in [4.78, 5) is 3.93. The van der Waals surface area contributed by atoms with Crippen molar-refractivity contribution >= 4 is 10.9 Å². The van der Waals surface area contributed by atoms with Gasteiger partial charge in [-0.1, -0.05) is 0 Å². The van der Waals surface area contributed by atoms with Crippen LogP contribution in [0, 0.1) is 6.92 Å². The number of hydrogen-bond donors (Lipinski definition) is 1. The van der Waals surface area contributed by atoms with Crippen molar-refractivity contribution in [1.29, 1.82) is 0 Å². The minimum atomic E-state index is 0.0491. The van der Waals surface area contributed by atoms with Crippen molar-refractivity contribution in [2.45, 2.75) is 6.92 Å². The van der Waals surface area contributed by atoms with Gasteiger partial charge in [0.1, 0.15) is 0 Å². The van der Waals surface area contributed by atoms with Crippen LogP contribution in [-0.2, 0) is 7.05 Å². The Hall–Kier alpha value is -1.58. The lowest BCUT2D eigenvalue weighted by molar-refractivity contribution is 0.453. The quantitative estimate of drug-likeness (QED) is 0.629. The van der Waals surface area contributed by atoms with Crippen LogP contribution in [-0.4, -0.2) is 19.9 Å². The molecule has 0 bridgehead atoms. The number of nitrogens with zero attached hydrogens (tertiary/aromatic N) is 3. The van der Waals surface area contributed by atoms with E-state index in [-0.39, 0.29) is 5.88 Å². The van der Waals surface area contributed by atoms with Crippen molar-refractivity contribution in [3.8, 4) is 5.88 Å². The van der Waals surface area contributed by atoms with Gasteiger partial charge in [0.2, 0.25) is 5.88 Å². The van der Waals surface area contributed by atoms with Crippen molar-refractivity contribution in [3.05, 3.63) is 18.0 Å². The lowest BCUT2D eigenvalue weighted by Gasteiger charge is -1.98. The first-order valence-electron chi connectivity index (χ1n) is 3.67. The molecule has 0 spiro atoms. The second kappa shape index (κ2) is 2.20. The molecule has 0 amide bonds. The molecular weight excluding hydrogens is 154 g/mol. The number of hydrogen-bond acceptors (Lipinski definition) is 3. The third kappa shape index (κ3) is 0.845. The fraction of sp³-hybridized carbons (Fsp3) is 0.250. The Morgan fingerprint density at radius 1 is 1.50 bits per heavy atom.